The zero-order valence-corrected chi connectivity index (χ0v) is 14.1. The number of aryl methyl sites for hydroxylation is 1. The lowest BCUT2D eigenvalue weighted by atomic mass is 10.1. The molecule has 0 spiro atoms. The van der Waals surface area contributed by atoms with E-state index < -0.39 is 0 Å². The third-order valence-corrected chi connectivity index (χ3v) is 4.29. The fraction of sp³-hybridized carbons (Fsp3) is 0.533. The lowest BCUT2D eigenvalue weighted by Crippen LogP contribution is -2.31. The van der Waals surface area contributed by atoms with Gasteiger partial charge in [0.15, 0.2) is 5.69 Å². The maximum Gasteiger partial charge on any atom is 0.273 e. The number of nitrogens with two attached hydrogens (primary N) is 1. The smallest absolute Gasteiger partial charge is 0.273 e. The highest BCUT2D eigenvalue weighted by Gasteiger charge is 2.24. The first kappa shape index (κ1) is 17.1. The van der Waals surface area contributed by atoms with Crippen molar-refractivity contribution in [2.45, 2.75) is 13.0 Å². The van der Waals surface area contributed by atoms with E-state index in [9.17, 15) is 9.59 Å². The average Bonchev–Trinajstić information content (AvgIpc) is 3.25. The van der Waals surface area contributed by atoms with Crippen LogP contribution in [-0.2, 0) is 13.6 Å². The van der Waals surface area contributed by atoms with Gasteiger partial charge in [-0.1, -0.05) is 5.21 Å². The van der Waals surface area contributed by atoms with Crippen molar-refractivity contribution in [2.24, 2.45) is 18.7 Å². The monoisotopic (exact) mass is 346 g/mol. The average molecular weight is 346 g/mol. The van der Waals surface area contributed by atoms with Gasteiger partial charge < -0.3 is 16.0 Å². The minimum atomic E-state index is -0.239. The fourth-order valence-electron chi connectivity index (χ4n) is 2.84. The summed E-state index contributed by atoms with van der Waals surface area (Å²) in [5.74, 6) is 0.0732. The largest absolute Gasteiger partial charge is 0.370 e. The number of nitrogens with zero attached hydrogens (tertiary/aromatic N) is 6. The van der Waals surface area contributed by atoms with Gasteiger partial charge in [0, 0.05) is 39.3 Å². The molecule has 10 heteroatoms. The van der Waals surface area contributed by atoms with E-state index >= 15 is 0 Å². The van der Waals surface area contributed by atoms with Gasteiger partial charge in [-0.25, -0.2) is 4.68 Å². The predicted octanol–water partition coefficient (Wildman–Crippen LogP) is -1.41. The van der Waals surface area contributed by atoms with Crippen molar-refractivity contribution in [1.29, 1.82) is 0 Å². The molecule has 2 aromatic heterocycles. The zero-order valence-electron chi connectivity index (χ0n) is 14.1. The van der Waals surface area contributed by atoms with Gasteiger partial charge in [-0.3, -0.25) is 14.3 Å². The molecule has 134 valence electrons. The summed E-state index contributed by atoms with van der Waals surface area (Å²) in [6.07, 6.45) is 4.22. The van der Waals surface area contributed by atoms with Crippen LogP contribution in [-0.4, -0.2) is 56.9 Å². The van der Waals surface area contributed by atoms with E-state index in [2.05, 4.69) is 25.6 Å². The number of rotatable bonds is 6. The molecule has 3 N–H and O–H groups in total. The Balaban J connectivity index is 1.51. The van der Waals surface area contributed by atoms with Gasteiger partial charge in [-0.2, -0.15) is 5.10 Å². The van der Waals surface area contributed by atoms with Gasteiger partial charge in [0.2, 0.25) is 0 Å². The van der Waals surface area contributed by atoms with E-state index in [1.807, 2.05) is 0 Å². The minimum Gasteiger partial charge on any atom is -0.370 e. The second-order valence-corrected chi connectivity index (χ2v) is 6.14. The van der Waals surface area contributed by atoms with E-state index in [-0.39, 0.29) is 11.5 Å². The van der Waals surface area contributed by atoms with Crippen LogP contribution in [0.15, 0.2) is 23.3 Å². The van der Waals surface area contributed by atoms with Crippen LogP contribution in [0.4, 0.5) is 5.69 Å². The lowest BCUT2D eigenvalue weighted by Gasteiger charge is -2.18. The van der Waals surface area contributed by atoms with E-state index in [1.54, 1.807) is 30.2 Å². The molecular formula is C15H22N8O2. The molecule has 3 heterocycles. The van der Waals surface area contributed by atoms with Crippen LogP contribution < -0.4 is 21.5 Å². The van der Waals surface area contributed by atoms with Crippen molar-refractivity contribution >= 4 is 11.6 Å². The predicted molar refractivity (Wildman–Crippen MR) is 91.2 cm³/mol. The highest BCUT2D eigenvalue weighted by molar-refractivity contribution is 5.91. The van der Waals surface area contributed by atoms with E-state index in [4.69, 9.17) is 5.73 Å². The molecule has 2 aromatic rings. The normalized spacial score (nSPS) is 17.0. The van der Waals surface area contributed by atoms with Crippen molar-refractivity contribution in [1.82, 2.24) is 30.1 Å². The van der Waals surface area contributed by atoms with Gasteiger partial charge in [0.05, 0.1) is 24.6 Å². The lowest BCUT2D eigenvalue weighted by molar-refractivity contribution is 0.0943. The second-order valence-electron chi connectivity index (χ2n) is 6.14. The molecular weight excluding hydrogens is 324 g/mol. The van der Waals surface area contributed by atoms with Crippen LogP contribution in [0.1, 0.15) is 16.9 Å². The van der Waals surface area contributed by atoms with Gasteiger partial charge in [0.25, 0.3) is 11.5 Å². The number of hydrogen-bond donors (Lipinski definition) is 2. The molecule has 3 rings (SSSR count). The summed E-state index contributed by atoms with van der Waals surface area (Å²) >= 11 is 0. The third kappa shape index (κ3) is 4.02. The van der Waals surface area contributed by atoms with Crippen LogP contribution in [0.25, 0.3) is 0 Å². The highest BCUT2D eigenvalue weighted by Crippen LogP contribution is 2.21. The molecule has 1 fully saturated rings. The van der Waals surface area contributed by atoms with Crippen molar-refractivity contribution in [3.8, 4) is 0 Å². The first-order valence-electron chi connectivity index (χ1n) is 8.23. The summed E-state index contributed by atoms with van der Waals surface area (Å²) in [7, 11) is 1.62. The molecule has 25 heavy (non-hydrogen) atoms. The van der Waals surface area contributed by atoms with Crippen LogP contribution in [0.2, 0.25) is 0 Å². The number of anilines is 1. The molecule has 0 saturated carbocycles. The fourth-order valence-corrected chi connectivity index (χ4v) is 2.84. The van der Waals surface area contributed by atoms with Crippen LogP contribution in [0, 0.1) is 5.92 Å². The summed E-state index contributed by atoms with van der Waals surface area (Å²) in [4.78, 5) is 25.9. The van der Waals surface area contributed by atoms with Crippen LogP contribution >= 0.6 is 0 Å². The standard InChI is InChI=1S/C15H22N8O2/c1-21-14(24)6-12(8-18-21)22-4-2-11(9-22)7-17-15(25)13-10-23(5-3-16)20-19-13/h6,8,10-11H,2-5,7,9,16H2,1H3,(H,17,25)/t11-/m1/s1. The van der Waals surface area contributed by atoms with Crippen molar-refractivity contribution < 1.29 is 4.79 Å². The molecule has 1 aliphatic heterocycles. The molecule has 1 aliphatic rings. The Bertz CT molecular complexity index is 799. The van der Waals surface area contributed by atoms with E-state index in [0.717, 1.165) is 25.2 Å². The molecule has 1 saturated heterocycles. The van der Waals surface area contributed by atoms with Crippen molar-refractivity contribution in [2.75, 3.05) is 31.1 Å². The summed E-state index contributed by atoms with van der Waals surface area (Å²) in [5.41, 5.74) is 6.43. The quantitative estimate of drug-likeness (QED) is 0.658. The van der Waals surface area contributed by atoms with Crippen molar-refractivity contribution in [3.05, 3.63) is 34.5 Å². The Morgan fingerprint density at radius 3 is 3.08 bits per heavy atom. The molecule has 1 atom stereocenters. The summed E-state index contributed by atoms with van der Waals surface area (Å²) in [6.45, 7) is 3.14. The molecule has 0 bridgehead atoms. The zero-order chi connectivity index (χ0) is 17.8. The van der Waals surface area contributed by atoms with Crippen LogP contribution in [0.5, 0.6) is 0 Å². The molecule has 0 aliphatic carbocycles. The third-order valence-electron chi connectivity index (χ3n) is 4.29. The SMILES string of the molecule is Cn1ncc(N2CC[C@H](CNC(=O)c3cn(CCN)nn3)C2)cc1=O. The molecule has 0 radical (unpaired) electrons. The Kier molecular flexibility index (Phi) is 5.08. The maximum atomic E-state index is 12.1. The number of amides is 1. The summed E-state index contributed by atoms with van der Waals surface area (Å²) in [5, 5.41) is 14.6. The Morgan fingerprint density at radius 1 is 1.48 bits per heavy atom. The summed E-state index contributed by atoms with van der Waals surface area (Å²) in [6, 6.07) is 1.59. The maximum absolute atomic E-state index is 12.1. The van der Waals surface area contributed by atoms with Gasteiger partial charge >= 0.3 is 0 Å². The molecule has 0 aromatic carbocycles. The first-order chi connectivity index (χ1) is 12.1. The van der Waals surface area contributed by atoms with Crippen LogP contribution in [0.3, 0.4) is 0 Å². The topological polar surface area (TPSA) is 124 Å². The molecule has 10 nitrogen and oxygen atoms in total. The number of aromatic nitrogens is 5. The Morgan fingerprint density at radius 2 is 2.32 bits per heavy atom. The highest BCUT2D eigenvalue weighted by atomic mass is 16.2. The van der Waals surface area contributed by atoms with Gasteiger partial charge in [-0.05, 0) is 12.3 Å². The first-order valence-corrected chi connectivity index (χ1v) is 8.23. The number of carbonyl (C=O) groups excluding carboxylic acids is 1. The van der Waals surface area contributed by atoms with E-state index in [0.29, 0.717) is 31.2 Å². The van der Waals surface area contributed by atoms with E-state index in [1.165, 1.54) is 4.68 Å². The summed E-state index contributed by atoms with van der Waals surface area (Å²) < 4.78 is 2.85. The van der Waals surface area contributed by atoms with Gasteiger partial charge in [-0.15, -0.1) is 5.10 Å². The minimum absolute atomic E-state index is 0.130. The molecule has 1 amide bonds. The van der Waals surface area contributed by atoms with Gasteiger partial charge in [0.1, 0.15) is 0 Å². The number of nitrogens with one attached hydrogen (secondary N) is 1. The Labute approximate surface area is 144 Å². The second kappa shape index (κ2) is 7.43. The number of hydrogen-bond acceptors (Lipinski definition) is 7. The number of carbonyl (C=O) groups is 1. The molecule has 0 unspecified atom stereocenters. The Hall–Kier alpha value is -2.75. The van der Waals surface area contributed by atoms with Crippen molar-refractivity contribution in [3.63, 3.8) is 0 Å².